The van der Waals surface area contributed by atoms with Crippen LogP contribution in [0.4, 0.5) is 10.5 Å². The smallest absolute Gasteiger partial charge is 0.337 e. The number of urea groups is 1. The number of hydrogen-bond acceptors (Lipinski definition) is 4. The van der Waals surface area contributed by atoms with Crippen LogP contribution in [-0.2, 0) is 4.79 Å². The van der Waals surface area contributed by atoms with Crippen molar-refractivity contribution in [2.24, 2.45) is 0 Å². The van der Waals surface area contributed by atoms with Gasteiger partial charge in [0, 0.05) is 26.2 Å². The Balaban J connectivity index is 2.42. The van der Waals surface area contributed by atoms with Crippen LogP contribution in [0, 0.1) is 0 Å². The summed E-state index contributed by atoms with van der Waals surface area (Å²) < 4.78 is 0. The quantitative estimate of drug-likeness (QED) is 0.561. The SMILES string of the molecule is CC(=O)NCCNC(=O)Nc1cncc(C(=O)O)c1. The second-order valence-corrected chi connectivity index (χ2v) is 3.63. The first-order valence-corrected chi connectivity index (χ1v) is 5.46. The van der Waals surface area contributed by atoms with Gasteiger partial charge < -0.3 is 21.1 Å². The topological polar surface area (TPSA) is 120 Å². The van der Waals surface area contributed by atoms with Crippen LogP contribution >= 0.6 is 0 Å². The van der Waals surface area contributed by atoms with E-state index < -0.39 is 12.0 Å². The number of aromatic nitrogens is 1. The number of aromatic carboxylic acids is 1. The van der Waals surface area contributed by atoms with Crippen molar-refractivity contribution in [3.8, 4) is 0 Å². The average Bonchev–Trinajstić information content (AvgIpc) is 2.34. The molecule has 3 amide bonds. The second-order valence-electron chi connectivity index (χ2n) is 3.63. The highest BCUT2D eigenvalue weighted by molar-refractivity contribution is 5.92. The maximum atomic E-state index is 11.4. The van der Waals surface area contributed by atoms with Crippen molar-refractivity contribution < 1.29 is 19.5 Å². The molecule has 8 heteroatoms. The minimum atomic E-state index is -1.12. The van der Waals surface area contributed by atoms with Crippen LogP contribution < -0.4 is 16.0 Å². The third-order valence-electron chi connectivity index (χ3n) is 2.03. The number of nitrogens with one attached hydrogen (secondary N) is 3. The fourth-order valence-corrected chi connectivity index (χ4v) is 1.22. The van der Waals surface area contributed by atoms with E-state index in [1.165, 1.54) is 25.4 Å². The number of anilines is 1. The highest BCUT2D eigenvalue weighted by atomic mass is 16.4. The number of carbonyl (C=O) groups excluding carboxylic acids is 2. The Kier molecular flexibility index (Phi) is 5.27. The standard InChI is InChI=1S/C11H14N4O4/c1-7(16)13-2-3-14-11(19)15-9-4-8(10(17)18)5-12-6-9/h4-6H,2-3H2,1H3,(H,13,16)(H,17,18)(H2,14,15,19). The molecule has 0 bridgehead atoms. The van der Waals surface area contributed by atoms with Crippen molar-refractivity contribution in [2.45, 2.75) is 6.92 Å². The number of pyridine rings is 1. The minimum absolute atomic E-state index is 0.0175. The van der Waals surface area contributed by atoms with Gasteiger partial charge in [-0.05, 0) is 6.07 Å². The van der Waals surface area contributed by atoms with E-state index >= 15 is 0 Å². The molecule has 0 unspecified atom stereocenters. The highest BCUT2D eigenvalue weighted by Crippen LogP contribution is 2.07. The predicted octanol–water partition coefficient (Wildman–Crippen LogP) is 0.0374. The lowest BCUT2D eigenvalue weighted by atomic mass is 10.3. The second kappa shape index (κ2) is 6.94. The van der Waals surface area contributed by atoms with Crippen molar-refractivity contribution >= 4 is 23.6 Å². The van der Waals surface area contributed by atoms with Gasteiger partial charge in [0.15, 0.2) is 0 Å². The fourth-order valence-electron chi connectivity index (χ4n) is 1.22. The van der Waals surface area contributed by atoms with Gasteiger partial charge in [-0.1, -0.05) is 0 Å². The zero-order chi connectivity index (χ0) is 14.3. The first-order chi connectivity index (χ1) is 8.99. The molecule has 4 N–H and O–H groups in total. The number of carbonyl (C=O) groups is 3. The molecule has 19 heavy (non-hydrogen) atoms. The van der Waals surface area contributed by atoms with E-state index in [-0.39, 0.29) is 23.7 Å². The number of amides is 3. The third kappa shape index (κ3) is 5.48. The van der Waals surface area contributed by atoms with Gasteiger partial charge in [-0.3, -0.25) is 9.78 Å². The van der Waals surface area contributed by atoms with Gasteiger partial charge in [0.1, 0.15) is 0 Å². The summed E-state index contributed by atoms with van der Waals surface area (Å²) in [6, 6.07) is 0.789. The van der Waals surface area contributed by atoms with Gasteiger partial charge in [0.2, 0.25) is 5.91 Å². The predicted molar refractivity (Wildman–Crippen MR) is 66.9 cm³/mol. The number of rotatable bonds is 5. The third-order valence-corrected chi connectivity index (χ3v) is 2.03. The number of carboxylic acid groups (broad SMARTS) is 1. The zero-order valence-corrected chi connectivity index (χ0v) is 10.3. The van der Waals surface area contributed by atoms with Crippen LogP contribution in [0.3, 0.4) is 0 Å². The highest BCUT2D eigenvalue weighted by Gasteiger charge is 2.06. The van der Waals surface area contributed by atoms with Gasteiger partial charge in [-0.2, -0.15) is 0 Å². The molecule has 0 fully saturated rings. The first-order valence-electron chi connectivity index (χ1n) is 5.46. The molecule has 0 saturated heterocycles. The van der Waals surface area contributed by atoms with Crippen molar-refractivity contribution in [3.63, 3.8) is 0 Å². The molecule has 0 aliphatic carbocycles. The van der Waals surface area contributed by atoms with Crippen LogP contribution in [-0.4, -0.2) is 41.1 Å². The van der Waals surface area contributed by atoms with Crippen LogP contribution in [0.25, 0.3) is 0 Å². The lowest BCUT2D eigenvalue weighted by molar-refractivity contribution is -0.118. The molecular formula is C11H14N4O4. The van der Waals surface area contributed by atoms with E-state index in [0.717, 1.165) is 0 Å². The van der Waals surface area contributed by atoms with E-state index in [1.807, 2.05) is 0 Å². The number of hydrogen-bond donors (Lipinski definition) is 4. The Morgan fingerprint density at radius 1 is 1.21 bits per heavy atom. The molecule has 1 rings (SSSR count). The van der Waals surface area contributed by atoms with E-state index in [4.69, 9.17) is 5.11 Å². The lowest BCUT2D eigenvalue weighted by Crippen LogP contribution is -2.36. The van der Waals surface area contributed by atoms with Crippen molar-refractivity contribution in [1.29, 1.82) is 0 Å². The summed E-state index contributed by atoms with van der Waals surface area (Å²) in [4.78, 5) is 36.4. The molecule has 102 valence electrons. The Labute approximate surface area is 109 Å². The van der Waals surface area contributed by atoms with E-state index in [0.29, 0.717) is 6.54 Å². The molecule has 0 radical (unpaired) electrons. The summed E-state index contributed by atoms with van der Waals surface area (Å²) in [5.41, 5.74) is 0.257. The van der Waals surface area contributed by atoms with Crippen molar-refractivity contribution in [3.05, 3.63) is 24.0 Å². The van der Waals surface area contributed by atoms with Gasteiger partial charge in [0.05, 0.1) is 17.4 Å². The van der Waals surface area contributed by atoms with Crippen LogP contribution in [0.5, 0.6) is 0 Å². The largest absolute Gasteiger partial charge is 0.478 e. The molecule has 1 aromatic rings. The van der Waals surface area contributed by atoms with E-state index in [9.17, 15) is 14.4 Å². The van der Waals surface area contributed by atoms with E-state index in [1.54, 1.807) is 0 Å². The van der Waals surface area contributed by atoms with Crippen LogP contribution in [0.2, 0.25) is 0 Å². The minimum Gasteiger partial charge on any atom is -0.478 e. The Morgan fingerprint density at radius 2 is 1.89 bits per heavy atom. The lowest BCUT2D eigenvalue weighted by Gasteiger charge is -2.07. The summed E-state index contributed by atoms with van der Waals surface area (Å²) in [5, 5.41) is 16.2. The Morgan fingerprint density at radius 3 is 2.53 bits per heavy atom. The molecule has 1 aromatic heterocycles. The summed E-state index contributed by atoms with van der Waals surface area (Å²) in [6.45, 7) is 1.96. The Bertz CT molecular complexity index is 489. The Hall–Kier alpha value is -2.64. The molecular weight excluding hydrogens is 252 g/mol. The summed E-state index contributed by atoms with van der Waals surface area (Å²) in [7, 11) is 0. The molecule has 8 nitrogen and oxygen atoms in total. The number of nitrogens with zero attached hydrogens (tertiary/aromatic N) is 1. The molecule has 0 spiro atoms. The van der Waals surface area contributed by atoms with Gasteiger partial charge in [-0.15, -0.1) is 0 Å². The van der Waals surface area contributed by atoms with Crippen molar-refractivity contribution in [2.75, 3.05) is 18.4 Å². The van der Waals surface area contributed by atoms with Gasteiger partial charge in [-0.25, -0.2) is 9.59 Å². The van der Waals surface area contributed by atoms with Crippen LogP contribution in [0.15, 0.2) is 18.5 Å². The van der Waals surface area contributed by atoms with Crippen LogP contribution in [0.1, 0.15) is 17.3 Å². The normalized spacial score (nSPS) is 9.53. The molecule has 0 aliphatic rings. The van der Waals surface area contributed by atoms with Gasteiger partial charge >= 0.3 is 12.0 Å². The maximum absolute atomic E-state index is 11.4. The zero-order valence-electron chi connectivity index (χ0n) is 10.3. The monoisotopic (exact) mass is 266 g/mol. The molecule has 0 atom stereocenters. The summed E-state index contributed by atoms with van der Waals surface area (Å²) >= 11 is 0. The summed E-state index contributed by atoms with van der Waals surface area (Å²) in [6.07, 6.45) is 2.52. The van der Waals surface area contributed by atoms with Crippen molar-refractivity contribution in [1.82, 2.24) is 15.6 Å². The van der Waals surface area contributed by atoms with E-state index in [2.05, 4.69) is 20.9 Å². The average molecular weight is 266 g/mol. The molecule has 0 aromatic carbocycles. The molecule has 0 saturated carbocycles. The maximum Gasteiger partial charge on any atom is 0.337 e. The summed E-state index contributed by atoms with van der Waals surface area (Å²) in [5.74, 6) is -1.30. The molecule has 0 aliphatic heterocycles. The fraction of sp³-hybridized carbons (Fsp3) is 0.273. The molecule has 1 heterocycles. The van der Waals surface area contributed by atoms with Gasteiger partial charge in [0.25, 0.3) is 0 Å². The first kappa shape index (κ1) is 14.4. The number of carboxylic acids is 1.